The summed E-state index contributed by atoms with van der Waals surface area (Å²) in [7, 11) is 0. The first-order valence-corrected chi connectivity index (χ1v) is 12.9. The largest absolute Gasteiger partial charge is 0.444 e. The lowest BCUT2D eigenvalue weighted by molar-refractivity contribution is 0.0205. The summed E-state index contributed by atoms with van der Waals surface area (Å²) >= 11 is 0. The molecule has 9 heteroatoms. The third-order valence-corrected chi connectivity index (χ3v) is 6.75. The van der Waals surface area contributed by atoms with Crippen LogP contribution in [-0.4, -0.2) is 67.6 Å². The van der Waals surface area contributed by atoms with Crippen molar-refractivity contribution >= 4 is 23.0 Å². The van der Waals surface area contributed by atoms with Gasteiger partial charge in [0.05, 0.1) is 28.5 Å². The van der Waals surface area contributed by atoms with Crippen LogP contribution in [0.3, 0.4) is 0 Å². The van der Waals surface area contributed by atoms with Crippen molar-refractivity contribution < 1.29 is 18.7 Å². The van der Waals surface area contributed by atoms with E-state index >= 15 is 0 Å². The Kier molecular flexibility index (Phi) is 7.52. The van der Waals surface area contributed by atoms with Crippen LogP contribution >= 0.6 is 0 Å². The number of piperidine rings is 1. The van der Waals surface area contributed by atoms with Crippen molar-refractivity contribution in [3.63, 3.8) is 0 Å². The van der Waals surface area contributed by atoms with Crippen LogP contribution in [0.1, 0.15) is 76.2 Å². The highest BCUT2D eigenvalue weighted by atomic mass is 19.1. The van der Waals surface area contributed by atoms with Crippen molar-refractivity contribution in [3.8, 4) is 5.69 Å². The maximum Gasteiger partial charge on any atom is 0.410 e. The van der Waals surface area contributed by atoms with Gasteiger partial charge in [0, 0.05) is 31.9 Å². The number of hydrogen-bond donors (Lipinski definition) is 0. The van der Waals surface area contributed by atoms with Gasteiger partial charge in [-0.15, -0.1) is 0 Å². The molecule has 37 heavy (non-hydrogen) atoms. The van der Waals surface area contributed by atoms with E-state index in [2.05, 4.69) is 9.97 Å². The number of ether oxygens (including phenoxy) is 1. The van der Waals surface area contributed by atoms with Crippen molar-refractivity contribution in [2.75, 3.05) is 19.6 Å². The molecule has 0 aliphatic carbocycles. The Labute approximate surface area is 217 Å². The zero-order valence-corrected chi connectivity index (χ0v) is 22.5. The number of hydrogen-bond acceptors (Lipinski definition) is 5. The SMILES string of the molecule is CCN(C(=O)c1cc(F)ccc1-n1cc(C2CCN(C(=O)OC(C)(C)C)CC2)c2ncncc21)C(C)C. The maximum absolute atomic E-state index is 14.4. The molecule has 198 valence electrons. The molecule has 1 aromatic carbocycles. The predicted octanol–water partition coefficient (Wildman–Crippen LogP) is 5.54. The van der Waals surface area contributed by atoms with Crippen LogP contribution < -0.4 is 0 Å². The minimum atomic E-state index is -0.536. The van der Waals surface area contributed by atoms with Crippen LogP contribution in [0.15, 0.2) is 36.9 Å². The number of carbonyl (C=O) groups is 2. The van der Waals surface area contributed by atoms with Crippen LogP contribution in [0.5, 0.6) is 0 Å². The molecule has 3 aromatic rings. The van der Waals surface area contributed by atoms with Crippen LogP contribution in [0.4, 0.5) is 9.18 Å². The van der Waals surface area contributed by atoms with Gasteiger partial charge in [-0.1, -0.05) is 0 Å². The van der Waals surface area contributed by atoms with E-state index in [1.807, 2.05) is 52.3 Å². The van der Waals surface area contributed by atoms with E-state index in [1.54, 1.807) is 22.1 Å². The van der Waals surface area contributed by atoms with Gasteiger partial charge < -0.3 is 19.1 Å². The van der Waals surface area contributed by atoms with Crippen molar-refractivity contribution in [1.82, 2.24) is 24.3 Å². The summed E-state index contributed by atoms with van der Waals surface area (Å²) < 4.78 is 21.8. The summed E-state index contributed by atoms with van der Waals surface area (Å²) in [6, 6.07) is 4.28. The number of amides is 2. The van der Waals surface area contributed by atoms with Crippen LogP contribution in [-0.2, 0) is 4.74 Å². The van der Waals surface area contributed by atoms with Crippen molar-refractivity contribution in [1.29, 1.82) is 0 Å². The molecule has 2 amide bonds. The van der Waals surface area contributed by atoms with Crippen LogP contribution in [0, 0.1) is 5.82 Å². The number of aromatic nitrogens is 3. The van der Waals surface area contributed by atoms with Crippen LogP contribution in [0.25, 0.3) is 16.7 Å². The van der Waals surface area contributed by atoms with Crippen molar-refractivity contribution in [3.05, 3.63) is 53.9 Å². The molecule has 8 nitrogen and oxygen atoms in total. The first-order chi connectivity index (χ1) is 17.5. The van der Waals surface area contributed by atoms with E-state index in [-0.39, 0.29) is 24.0 Å². The Hall–Kier alpha value is -3.49. The van der Waals surface area contributed by atoms with Gasteiger partial charge in [0.25, 0.3) is 5.91 Å². The Morgan fingerprint density at radius 3 is 2.54 bits per heavy atom. The number of likely N-dealkylation sites (tertiary alicyclic amines) is 1. The average Bonchev–Trinajstić information content (AvgIpc) is 3.23. The molecule has 1 aliphatic rings. The molecule has 0 atom stereocenters. The Morgan fingerprint density at radius 2 is 1.92 bits per heavy atom. The maximum atomic E-state index is 14.4. The number of halogens is 1. The topological polar surface area (TPSA) is 80.6 Å². The smallest absolute Gasteiger partial charge is 0.410 e. The molecule has 0 unspecified atom stereocenters. The number of fused-ring (bicyclic) bond motifs is 1. The van der Waals surface area contributed by atoms with Gasteiger partial charge in [-0.05, 0) is 84.1 Å². The molecule has 0 radical (unpaired) electrons. The lowest BCUT2D eigenvalue weighted by Crippen LogP contribution is -2.41. The molecule has 4 rings (SSSR count). The summed E-state index contributed by atoms with van der Waals surface area (Å²) in [4.78, 5) is 38.3. The van der Waals surface area contributed by atoms with Gasteiger partial charge in [-0.25, -0.2) is 19.2 Å². The number of rotatable bonds is 5. The minimum Gasteiger partial charge on any atom is -0.444 e. The van der Waals surface area contributed by atoms with Gasteiger partial charge in [-0.2, -0.15) is 0 Å². The molecule has 1 fully saturated rings. The standard InChI is InChI=1S/C28H36FN5O3/c1-7-33(18(2)3)26(35)21-14-20(29)8-9-23(21)34-16-22(25-24(34)15-30-17-31-25)19-10-12-32(13-11-19)27(36)37-28(4,5)6/h8-9,14-19H,7,10-13H2,1-6H3. The highest BCUT2D eigenvalue weighted by Gasteiger charge is 2.30. The molecule has 1 saturated heterocycles. The second kappa shape index (κ2) is 10.5. The zero-order chi connectivity index (χ0) is 26.9. The molecule has 3 heterocycles. The fourth-order valence-corrected chi connectivity index (χ4v) is 4.98. The summed E-state index contributed by atoms with van der Waals surface area (Å²) in [5, 5.41) is 0. The molecular weight excluding hydrogens is 473 g/mol. The molecule has 2 aromatic heterocycles. The lowest BCUT2D eigenvalue weighted by atomic mass is 9.90. The first-order valence-electron chi connectivity index (χ1n) is 12.9. The number of benzene rings is 1. The normalized spacial score (nSPS) is 14.9. The molecule has 0 spiro atoms. The number of carbonyl (C=O) groups excluding carboxylic acids is 2. The van der Waals surface area contributed by atoms with Gasteiger partial charge in [0.15, 0.2) is 0 Å². The lowest BCUT2D eigenvalue weighted by Gasteiger charge is -2.33. The molecule has 1 aliphatic heterocycles. The monoisotopic (exact) mass is 509 g/mol. The summed E-state index contributed by atoms with van der Waals surface area (Å²) in [6.45, 7) is 13.1. The second-order valence-corrected chi connectivity index (χ2v) is 10.8. The van der Waals surface area contributed by atoms with E-state index in [0.717, 1.165) is 29.4 Å². The van der Waals surface area contributed by atoms with E-state index in [0.29, 0.717) is 30.9 Å². The summed E-state index contributed by atoms with van der Waals surface area (Å²) in [5.74, 6) is -0.521. The quantitative estimate of drug-likeness (QED) is 0.451. The second-order valence-electron chi connectivity index (χ2n) is 10.8. The van der Waals surface area contributed by atoms with E-state index in [1.165, 1.54) is 18.5 Å². The van der Waals surface area contributed by atoms with Crippen LogP contribution in [0.2, 0.25) is 0 Å². The molecule has 0 saturated carbocycles. The van der Waals surface area contributed by atoms with Crippen molar-refractivity contribution in [2.45, 2.75) is 71.9 Å². The van der Waals surface area contributed by atoms with Gasteiger partial charge in [-0.3, -0.25) is 4.79 Å². The highest BCUT2D eigenvalue weighted by Crippen LogP contribution is 2.35. The van der Waals surface area contributed by atoms with Gasteiger partial charge >= 0.3 is 6.09 Å². The average molecular weight is 510 g/mol. The van der Waals surface area contributed by atoms with Gasteiger partial charge in [0.2, 0.25) is 0 Å². The Balaban J connectivity index is 1.69. The third-order valence-electron chi connectivity index (χ3n) is 6.75. The Morgan fingerprint density at radius 1 is 1.22 bits per heavy atom. The fraction of sp³-hybridized carbons (Fsp3) is 0.500. The van der Waals surface area contributed by atoms with E-state index < -0.39 is 11.4 Å². The van der Waals surface area contributed by atoms with E-state index in [9.17, 15) is 14.0 Å². The Bertz CT molecular complexity index is 1290. The van der Waals surface area contributed by atoms with Crippen molar-refractivity contribution in [2.24, 2.45) is 0 Å². The first kappa shape index (κ1) is 26.6. The number of nitrogens with zero attached hydrogens (tertiary/aromatic N) is 5. The fourth-order valence-electron chi connectivity index (χ4n) is 4.98. The van der Waals surface area contributed by atoms with Gasteiger partial charge in [0.1, 0.15) is 17.7 Å². The molecular formula is C28H36FN5O3. The molecule has 0 bridgehead atoms. The summed E-state index contributed by atoms with van der Waals surface area (Å²) in [5.41, 5.74) is 2.92. The minimum absolute atomic E-state index is 0.0240. The third kappa shape index (κ3) is 5.60. The van der Waals surface area contributed by atoms with E-state index in [4.69, 9.17) is 4.74 Å². The predicted molar refractivity (Wildman–Crippen MR) is 140 cm³/mol. The summed E-state index contributed by atoms with van der Waals surface area (Å²) in [6.07, 6.45) is 6.45. The molecule has 0 N–H and O–H groups in total. The zero-order valence-electron chi connectivity index (χ0n) is 22.5. The highest BCUT2D eigenvalue weighted by molar-refractivity contribution is 5.99.